The Balaban J connectivity index is 2.02. The van der Waals surface area contributed by atoms with Crippen LogP contribution in [0.2, 0.25) is 0 Å². The van der Waals surface area contributed by atoms with Gasteiger partial charge in [-0.05, 0) is 32.0 Å². The zero-order valence-corrected chi connectivity index (χ0v) is 19.8. The zero-order chi connectivity index (χ0) is 27.4. The van der Waals surface area contributed by atoms with Crippen molar-refractivity contribution in [2.24, 2.45) is 5.92 Å². The number of amides is 2. The zero-order valence-electron chi connectivity index (χ0n) is 22.0. The number of hydrogen-bond donors (Lipinski definition) is 4. The molecule has 1 aromatic heterocycles. The minimum absolute atomic E-state index is 0.00477. The van der Waals surface area contributed by atoms with E-state index in [0.29, 0.717) is 18.9 Å². The number of nitrogens with one attached hydrogen (secondary N) is 4. The number of aromatic nitrogens is 2. The lowest BCUT2D eigenvalue weighted by molar-refractivity contribution is -0.117. The first-order chi connectivity index (χ1) is 17.3. The molecule has 0 unspecified atom stereocenters. The maximum atomic E-state index is 12.7. The second-order valence-corrected chi connectivity index (χ2v) is 9.71. The van der Waals surface area contributed by atoms with Crippen LogP contribution in [0, 0.1) is 5.92 Å². The van der Waals surface area contributed by atoms with Crippen molar-refractivity contribution in [1.29, 1.82) is 0 Å². The van der Waals surface area contributed by atoms with Crippen molar-refractivity contribution in [2.75, 3.05) is 55.4 Å². The van der Waals surface area contributed by atoms with Crippen LogP contribution in [0.4, 0.5) is 22.9 Å². The second kappa shape index (κ2) is 10.7. The Morgan fingerprint density at radius 2 is 2.00 bits per heavy atom. The highest BCUT2D eigenvalue weighted by atomic mass is 32.2. The van der Waals surface area contributed by atoms with Gasteiger partial charge in [0, 0.05) is 42.7 Å². The topological polar surface area (TPSA) is 155 Å². The predicted octanol–water partition coefficient (Wildman–Crippen LogP) is 0.922. The van der Waals surface area contributed by atoms with E-state index in [1.54, 1.807) is 19.2 Å². The fourth-order valence-electron chi connectivity index (χ4n) is 2.91. The summed E-state index contributed by atoms with van der Waals surface area (Å²) in [6, 6.07) is 5.97. The number of anilines is 4. The van der Waals surface area contributed by atoms with Gasteiger partial charge >= 0.3 is 0 Å². The maximum Gasteiger partial charge on any atom is 0.273 e. The predicted molar refractivity (Wildman–Crippen MR) is 129 cm³/mol. The second-order valence-electron chi connectivity index (χ2n) is 7.70. The van der Waals surface area contributed by atoms with Gasteiger partial charge in [0.25, 0.3) is 5.91 Å². The first-order valence-electron chi connectivity index (χ1n) is 11.9. The van der Waals surface area contributed by atoms with Gasteiger partial charge in [0.2, 0.25) is 15.9 Å². The lowest BCUT2D eigenvalue weighted by atomic mass is 10.2. The molecule has 184 valence electrons. The molecule has 1 heterocycles. The molecule has 0 radical (unpaired) electrons. The molecule has 13 heteroatoms. The Labute approximate surface area is 202 Å². The molecule has 2 aromatic rings. The van der Waals surface area contributed by atoms with Crippen molar-refractivity contribution in [2.45, 2.75) is 12.8 Å². The molecule has 0 saturated heterocycles. The molecule has 2 amide bonds. The normalized spacial score (nSPS) is 14.9. The quantitative estimate of drug-likeness (QED) is 0.334. The van der Waals surface area contributed by atoms with Crippen molar-refractivity contribution in [3.63, 3.8) is 0 Å². The van der Waals surface area contributed by atoms with E-state index in [0.717, 1.165) is 23.4 Å². The van der Waals surface area contributed by atoms with Crippen molar-refractivity contribution in [3.8, 4) is 5.75 Å². The number of carbonyl (C=O) groups is 2. The minimum Gasteiger partial charge on any atom is -0.492 e. The van der Waals surface area contributed by atoms with Crippen LogP contribution in [0.3, 0.4) is 0 Å². The molecule has 0 aliphatic heterocycles. The summed E-state index contributed by atoms with van der Waals surface area (Å²) in [5.41, 5.74) is 0.0500. The van der Waals surface area contributed by atoms with Crippen LogP contribution in [-0.4, -0.2) is 70.9 Å². The van der Waals surface area contributed by atoms with Crippen LogP contribution in [0.5, 0.6) is 5.75 Å². The molecule has 1 aromatic carbocycles. The number of rotatable bonds is 11. The number of hydrogen-bond acceptors (Lipinski definition) is 9. The Morgan fingerprint density at radius 3 is 2.65 bits per heavy atom. The highest BCUT2D eigenvalue weighted by Gasteiger charge is 2.30. The highest BCUT2D eigenvalue weighted by Crippen LogP contribution is 2.35. The first kappa shape index (κ1) is 21.1. The molecule has 1 aliphatic rings. The van der Waals surface area contributed by atoms with Gasteiger partial charge in [0.05, 0.1) is 23.3 Å². The molecule has 0 atom stereocenters. The van der Waals surface area contributed by atoms with Gasteiger partial charge in [-0.1, -0.05) is 0 Å². The molecule has 1 saturated carbocycles. The van der Waals surface area contributed by atoms with Crippen LogP contribution in [-0.2, 0) is 14.8 Å². The standard InChI is InChI=1S/C21H29N7O5S/c1-22-9-10-33-14-7-8-15(17(11-14)28(3)34(4,31)32)24-16-12-18(25-20(29)13-5-6-13)26-27-19(16)21(30)23-2/h7-8,11-13,22H,5-6,9-10H2,1-4H3,(H,23,30)(H2,24,25,26,29)/i2D3. The highest BCUT2D eigenvalue weighted by molar-refractivity contribution is 7.92. The van der Waals surface area contributed by atoms with Gasteiger partial charge in [-0.25, -0.2) is 8.42 Å². The fraction of sp³-hybridized carbons (Fsp3) is 0.429. The smallest absolute Gasteiger partial charge is 0.273 e. The summed E-state index contributed by atoms with van der Waals surface area (Å²) >= 11 is 0. The number of carbonyl (C=O) groups excluding carboxylic acids is 2. The van der Waals surface area contributed by atoms with E-state index in [9.17, 15) is 18.0 Å². The van der Waals surface area contributed by atoms with Gasteiger partial charge < -0.3 is 26.0 Å². The minimum atomic E-state index is -3.70. The van der Waals surface area contributed by atoms with Gasteiger partial charge in [-0.2, -0.15) is 0 Å². The molecular weight excluding hydrogens is 462 g/mol. The number of benzene rings is 1. The summed E-state index contributed by atoms with van der Waals surface area (Å²) in [5, 5.41) is 18.0. The fourth-order valence-corrected chi connectivity index (χ4v) is 3.42. The summed E-state index contributed by atoms with van der Waals surface area (Å²) in [7, 11) is -0.587. The van der Waals surface area contributed by atoms with Crippen LogP contribution < -0.4 is 30.3 Å². The van der Waals surface area contributed by atoms with E-state index >= 15 is 0 Å². The maximum absolute atomic E-state index is 12.7. The van der Waals surface area contributed by atoms with E-state index in [1.165, 1.54) is 19.2 Å². The van der Waals surface area contributed by atoms with Crippen LogP contribution in [0.1, 0.15) is 27.4 Å². The van der Waals surface area contributed by atoms with E-state index in [4.69, 9.17) is 8.85 Å². The number of likely N-dealkylation sites (N-methyl/N-ethyl adjacent to an activating group) is 1. The Bertz CT molecular complexity index is 1270. The molecule has 0 spiro atoms. The molecule has 4 N–H and O–H groups in total. The summed E-state index contributed by atoms with van der Waals surface area (Å²) in [5.74, 6) is -0.977. The third-order valence-electron chi connectivity index (χ3n) is 5.02. The lowest BCUT2D eigenvalue weighted by Gasteiger charge is -2.22. The summed E-state index contributed by atoms with van der Waals surface area (Å²) < 4.78 is 53.3. The first-order valence-corrected chi connectivity index (χ1v) is 12.3. The van der Waals surface area contributed by atoms with Crippen molar-refractivity contribution in [1.82, 2.24) is 20.8 Å². The Morgan fingerprint density at radius 1 is 1.24 bits per heavy atom. The van der Waals surface area contributed by atoms with E-state index in [1.807, 2.05) is 5.32 Å². The summed E-state index contributed by atoms with van der Waals surface area (Å²) in [6.07, 6.45) is 2.54. The van der Waals surface area contributed by atoms with Crippen LogP contribution in [0.15, 0.2) is 24.3 Å². The Hall–Kier alpha value is -3.45. The number of sulfonamides is 1. The van der Waals surface area contributed by atoms with Gasteiger partial charge in [-0.3, -0.25) is 13.9 Å². The number of nitrogens with zero attached hydrogens (tertiary/aromatic N) is 3. The van der Waals surface area contributed by atoms with Crippen molar-refractivity contribution >= 4 is 44.7 Å². The molecule has 12 nitrogen and oxygen atoms in total. The summed E-state index contributed by atoms with van der Waals surface area (Å²) in [4.78, 5) is 24.9. The summed E-state index contributed by atoms with van der Waals surface area (Å²) in [6.45, 7) is -1.89. The average molecular weight is 495 g/mol. The van der Waals surface area contributed by atoms with Gasteiger partial charge in [-0.15, -0.1) is 10.2 Å². The third-order valence-corrected chi connectivity index (χ3v) is 6.21. The van der Waals surface area contributed by atoms with E-state index in [2.05, 4.69) is 26.1 Å². The molecule has 1 aliphatic carbocycles. The van der Waals surface area contributed by atoms with Crippen LogP contribution >= 0.6 is 0 Å². The lowest BCUT2D eigenvalue weighted by Crippen LogP contribution is -2.26. The van der Waals surface area contributed by atoms with E-state index in [-0.39, 0.29) is 40.4 Å². The number of ether oxygens (including phenoxy) is 1. The Kier molecular flexibility index (Phi) is 6.61. The monoisotopic (exact) mass is 494 g/mol. The van der Waals surface area contributed by atoms with Crippen LogP contribution in [0.25, 0.3) is 0 Å². The average Bonchev–Trinajstić information content (AvgIpc) is 3.64. The van der Waals surface area contributed by atoms with Gasteiger partial charge in [0.15, 0.2) is 11.5 Å². The third kappa shape index (κ3) is 6.32. The molecule has 1 fully saturated rings. The molecule has 3 rings (SSSR count). The van der Waals surface area contributed by atoms with Crippen molar-refractivity contribution < 1.29 is 26.9 Å². The largest absolute Gasteiger partial charge is 0.492 e. The SMILES string of the molecule is [2H]C([2H])([2H])NC(=O)c1nnc(NC(=O)C2CC2)cc1Nc1ccc(OCCNC)cc1N(C)S(C)(=O)=O. The molecule has 0 bridgehead atoms. The molecular formula is C21H29N7O5S. The van der Waals surface area contributed by atoms with E-state index < -0.39 is 22.9 Å². The molecule has 34 heavy (non-hydrogen) atoms. The van der Waals surface area contributed by atoms with Gasteiger partial charge in [0.1, 0.15) is 12.4 Å². The van der Waals surface area contributed by atoms with Crippen molar-refractivity contribution in [3.05, 3.63) is 30.0 Å².